The summed E-state index contributed by atoms with van der Waals surface area (Å²) in [6, 6.07) is 6.04. The van der Waals surface area contributed by atoms with E-state index in [1.807, 2.05) is 18.3 Å². The fraction of sp³-hybridized carbons (Fsp3) is 0.529. The van der Waals surface area contributed by atoms with E-state index in [0.29, 0.717) is 6.61 Å². The number of rotatable bonds is 8. The number of ether oxygens (including phenoxy) is 1. The summed E-state index contributed by atoms with van der Waals surface area (Å²) < 4.78 is 7.32. The van der Waals surface area contributed by atoms with Crippen LogP contribution in [0.15, 0.2) is 24.4 Å². The highest BCUT2D eigenvalue weighted by Crippen LogP contribution is 2.17. The van der Waals surface area contributed by atoms with E-state index in [1.54, 1.807) is 7.11 Å². The molecule has 5 heteroatoms. The number of nitrogens with zero attached hydrogens (tertiary/aromatic N) is 4. The fourth-order valence-electron chi connectivity index (χ4n) is 2.65. The number of aromatic nitrogens is 3. The predicted octanol–water partition coefficient (Wildman–Crippen LogP) is 2.56. The zero-order valence-corrected chi connectivity index (χ0v) is 14.0. The normalized spacial score (nSPS) is 11.3. The first kappa shape index (κ1) is 16.6. The van der Waals surface area contributed by atoms with E-state index in [1.165, 1.54) is 11.3 Å². The third-order valence-electron chi connectivity index (χ3n) is 3.94. The van der Waals surface area contributed by atoms with E-state index in [2.05, 4.69) is 46.5 Å². The summed E-state index contributed by atoms with van der Waals surface area (Å²) in [5, 5.41) is 4.61. The third kappa shape index (κ3) is 4.15. The van der Waals surface area contributed by atoms with Gasteiger partial charge >= 0.3 is 0 Å². The molecule has 0 fully saturated rings. The SMILES string of the molecule is CCn1nc(C)c(CN(CCOC)Cc2ccccn2)c1C. The van der Waals surface area contributed by atoms with Gasteiger partial charge in [-0.15, -0.1) is 0 Å². The van der Waals surface area contributed by atoms with Crippen molar-refractivity contribution in [2.75, 3.05) is 20.3 Å². The van der Waals surface area contributed by atoms with E-state index in [0.717, 1.165) is 37.6 Å². The average Bonchev–Trinajstić information content (AvgIpc) is 2.81. The lowest BCUT2D eigenvalue weighted by molar-refractivity contribution is 0.139. The van der Waals surface area contributed by atoms with Crippen LogP contribution in [0, 0.1) is 13.8 Å². The molecule has 0 aliphatic rings. The van der Waals surface area contributed by atoms with Crippen LogP contribution in [0.3, 0.4) is 0 Å². The number of aryl methyl sites for hydroxylation is 2. The second kappa shape index (κ2) is 8.06. The molecule has 0 aliphatic heterocycles. The quantitative estimate of drug-likeness (QED) is 0.751. The Morgan fingerprint density at radius 2 is 2.05 bits per heavy atom. The van der Waals surface area contributed by atoms with Crippen molar-refractivity contribution in [1.29, 1.82) is 0 Å². The second-order valence-corrected chi connectivity index (χ2v) is 5.49. The molecule has 0 saturated heterocycles. The summed E-state index contributed by atoms with van der Waals surface area (Å²) in [5.74, 6) is 0. The molecule has 2 aromatic rings. The molecular formula is C17H26N4O. The lowest BCUT2D eigenvalue weighted by atomic mass is 10.1. The Balaban J connectivity index is 2.14. The van der Waals surface area contributed by atoms with Gasteiger partial charge in [0.25, 0.3) is 0 Å². The maximum Gasteiger partial charge on any atom is 0.0641 e. The second-order valence-electron chi connectivity index (χ2n) is 5.49. The van der Waals surface area contributed by atoms with Crippen LogP contribution in [0.25, 0.3) is 0 Å². The lowest BCUT2D eigenvalue weighted by Crippen LogP contribution is -2.27. The van der Waals surface area contributed by atoms with Gasteiger partial charge in [-0.05, 0) is 32.9 Å². The van der Waals surface area contributed by atoms with Crippen molar-refractivity contribution < 1.29 is 4.74 Å². The molecule has 120 valence electrons. The maximum absolute atomic E-state index is 5.25. The van der Waals surface area contributed by atoms with E-state index < -0.39 is 0 Å². The number of methoxy groups -OCH3 is 1. The molecule has 0 bridgehead atoms. The minimum Gasteiger partial charge on any atom is -0.383 e. The summed E-state index contributed by atoms with van der Waals surface area (Å²) in [4.78, 5) is 6.80. The predicted molar refractivity (Wildman–Crippen MR) is 87.6 cm³/mol. The summed E-state index contributed by atoms with van der Waals surface area (Å²) in [7, 11) is 1.74. The molecule has 0 unspecified atom stereocenters. The van der Waals surface area contributed by atoms with Crippen molar-refractivity contribution in [3.63, 3.8) is 0 Å². The van der Waals surface area contributed by atoms with Gasteiger partial charge in [-0.2, -0.15) is 5.10 Å². The highest BCUT2D eigenvalue weighted by atomic mass is 16.5. The van der Waals surface area contributed by atoms with Gasteiger partial charge in [0.2, 0.25) is 0 Å². The van der Waals surface area contributed by atoms with E-state index in [9.17, 15) is 0 Å². The molecule has 0 N–H and O–H groups in total. The van der Waals surface area contributed by atoms with Gasteiger partial charge in [-0.25, -0.2) is 0 Å². The molecule has 0 aliphatic carbocycles. The van der Waals surface area contributed by atoms with Gasteiger partial charge in [-0.3, -0.25) is 14.6 Å². The largest absolute Gasteiger partial charge is 0.383 e. The first-order valence-electron chi connectivity index (χ1n) is 7.79. The standard InChI is InChI=1S/C17H26N4O/c1-5-21-15(3)17(14(2)19-21)13-20(10-11-22-4)12-16-8-6-7-9-18-16/h6-9H,5,10-13H2,1-4H3. The maximum atomic E-state index is 5.25. The summed E-state index contributed by atoms with van der Waals surface area (Å²) in [6.07, 6.45) is 1.84. The first-order chi connectivity index (χ1) is 10.7. The van der Waals surface area contributed by atoms with Gasteiger partial charge < -0.3 is 4.74 Å². The van der Waals surface area contributed by atoms with Crippen LogP contribution >= 0.6 is 0 Å². The van der Waals surface area contributed by atoms with E-state index in [4.69, 9.17) is 4.74 Å². The molecule has 0 spiro atoms. The number of hydrogen-bond acceptors (Lipinski definition) is 4. The highest BCUT2D eigenvalue weighted by Gasteiger charge is 2.15. The minimum absolute atomic E-state index is 0.715. The molecule has 2 aromatic heterocycles. The molecule has 2 rings (SSSR count). The monoisotopic (exact) mass is 302 g/mol. The summed E-state index contributed by atoms with van der Waals surface area (Å²) >= 11 is 0. The van der Waals surface area contributed by atoms with E-state index in [-0.39, 0.29) is 0 Å². The van der Waals surface area contributed by atoms with Crippen LogP contribution in [0.4, 0.5) is 0 Å². The van der Waals surface area contributed by atoms with Crippen molar-refractivity contribution in [1.82, 2.24) is 19.7 Å². The van der Waals surface area contributed by atoms with Gasteiger partial charge in [0.1, 0.15) is 0 Å². The Labute approximate surface area is 132 Å². The Morgan fingerprint density at radius 1 is 1.23 bits per heavy atom. The van der Waals surface area contributed by atoms with Crippen molar-refractivity contribution in [2.45, 2.75) is 40.4 Å². The van der Waals surface area contributed by atoms with Gasteiger partial charge in [0, 0.05) is 50.7 Å². The molecule has 0 radical (unpaired) electrons. The van der Waals surface area contributed by atoms with Gasteiger partial charge in [0.05, 0.1) is 18.0 Å². The molecule has 22 heavy (non-hydrogen) atoms. The fourth-order valence-corrected chi connectivity index (χ4v) is 2.65. The number of pyridine rings is 1. The van der Waals surface area contributed by atoms with Crippen molar-refractivity contribution in [3.05, 3.63) is 47.0 Å². The zero-order valence-electron chi connectivity index (χ0n) is 14.0. The third-order valence-corrected chi connectivity index (χ3v) is 3.94. The summed E-state index contributed by atoms with van der Waals surface area (Å²) in [5.41, 5.74) is 4.76. The van der Waals surface area contributed by atoms with Crippen molar-refractivity contribution in [3.8, 4) is 0 Å². The minimum atomic E-state index is 0.715. The average molecular weight is 302 g/mol. The van der Waals surface area contributed by atoms with E-state index >= 15 is 0 Å². The summed E-state index contributed by atoms with van der Waals surface area (Å²) in [6.45, 7) is 10.6. The lowest BCUT2D eigenvalue weighted by Gasteiger charge is -2.22. The van der Waals surface area contributed by atoms with Crippen LogP contribution in [-0.2, 0) is 24.4 Å². The van der Waals surface area contributed by atoms with Crippen LogP contribution < -0.4 is 0 Å². The van der Waals surface area contributed by atoms with Crippen molar-refractivity contribution in [2.24, 2.45) is 0 Å². The molecule has 2 heterocycles. The van der Waals surface area contributed by atoms with Gasteiger partial charge in [-0.1, -0.05) is 6.07 Å². The smallest absolute Gasteiger partial charge is 0.0641 e. The van der Waals surface area contributed by atoms with Gasteiger partial charge in [0.15, 0.2) is 0 Å². The molecule has 0 saturated carbocycles. The Bertz CT molecular complexity index is 580. The van der Waals surface area contributed by atoms with Crippen molar-refractivity contribution >= 4 is 0 Å². The molecule has 0 amide bonds. The molecular weight excluding hydrogens is 276 g/mol. The van der Waals surface area contributed by atoms with Crippen LogP contribution in [0.1, 0.15) is 29.6 Å². The molecule has 0 atom stereocenters. The topological polar surface area (TPSA) is 43.2 Å². The molecule has 0 aromatic carbocycles. The molecule has 5 nitrogen and oxygen atoms in total. The Morgan fingerprint density at radius 3 is 2.64 bits per heavy atom. The van der Waals surface area contributed by atoms with Crippen LogP contribution in [-0.4, -0.2) is 39.9 Å². The number of hydrogen-bond donors (Lipinski definition) is 0. The zero-order chi connectivity index (χ0) is 15.9. The first-order valence-corrected chi connectivity index (χ1v) is 7.79. The Hall–Kier alpha value is -1.72. The highest BCUT2D eigenvalue weighted by molar-refractivity contribution is 5.24. The Kier molecular flexibility index (Phi) is 6.10. The van der Waals surface area contributed by atoms with Crippen LogP contribution in [0.5, 0.6) is 0 Å². The van der Waals surface area contributed by atoms with Crippen LogP contribution in [0.2, 0.25) is 0 Å².